The van der Waals surface area contributed by atoms with Crippen LogP contribution in [0.3, 0.4) is 0 Å². The highest BCUT2D eigenvalue weighted by Crippen LogP contribution is 2.67. The maximum Gasteiger partial charge on any atom is 0.331 e. The van der Waals surface area contributed by atoms with Crippen LogP contribution in [0, 0.1) is 41.4 Å². The van der Waals surface area contributed by atoms with E-state index in [1.54, 1.807) is 6.08 Å². The Morgan fingerprint density at radius 1 is 1.07 bits per heavy atom. The van der Waals surface area contributed by atoms with Crippen molar-refractivity contribution in [1.82, 2.24) is 0 Å². The van der Waals surface area contributed by atoms with Gasteiger partial charge in [0.15, 0.2) is 0 Å². The summed E-state index contributed by atoms with van der Waals surface area (Å²) in [5.74, 6) is 2.24. The predicted octanol–water partition coefficient (Wildman–Crippen LogP) is 5.11. The molecule has 4 aliphatic rings. The summed E-state index contributed by atoms with van der Waals surface area (Å²) in [7, 11) is 0. The van der Waals surface area contributed by atoms with Gasteiger partial charge in [-0.25, -0.2) is 4.79 Å². The quantitative estimate of drug-likeness (QED) is 0.378. The summed E-state index contributed by atoms with van der Waals surface area (Å²) in [4.78, 5) is 11.7. The second-order valence-corrected chi connectivity index (χ2v) is 9.42. The summed E-state index contributed by atoms with van der Waals surface area (Å²) in [5, 5.41) is 20.1. The molecule has 0 amide bonds. The molecule has 0 unspecified atom stereocenters. The lowest BCUT2D eigenvalue weighted by atomic mass is 9.50. The van der Waals surface area contributed by atoms with Crippen LogP contribution < -0.4 is 0 Å². The zero-order valence-corrected chi connectivity index (χ0v) is 17.2. The Morgan fingerprint density at radius 2 is 1.90 bits per heavy atom. The van der Waals surface area contributed by atoms with Crippen LogP contribution in [0.25, 0.3) is 6.08 Å². The minimum Gasteiger partial charge on any atom is -0.478 e. The first-order valence-electron chi connectivity index (χ1n) is 11.3. The number of aliphatic hydroxyl groups is 1. The van der Waals surface area contributed by atoms with Crippen molar-refractivity contribution in [3.63, 3.8) is 0 Å². The number of benzene rings is 1. The van der Waals surface area contributed by atoms with Gasteiger partial charge in [-0.1, -0.05) is 66.8 Å². The first-order chi connectivity index (χ1) is 14.6. The van der Waals surface area contributed by atoms with E-state index in [2.05, 4.69) is 48.6 Å². The van der Waals surface area contributed by atoms with E-state index < -0.39 is 12.1 Å². The van der Waals surface area contributed by atoms with Crippen molar-refractivity contribution in [2.75, 3.05) is 0 Å². The Kier molecular flexibility index (Phi) is 5.24. The molecule has 156 valence electrons. The average molecular weight is 403 g/mol. The fourth-order valence-electron chi connectivity index (χ4n) is 6.87. The minimum atomic E-state index is -0.868. The molecule has 30 heavy (non-hydrogen) atoms. The minimum absolute atomic E-state index is 0.00225. The molecule has 0 radical (unpaired) electrons. The van der Waals surface area contributed by atoms with Crippen molar-refractivity contribution in [1.29, 1.82) is 0 Å². The molecule has 1 aromatic carbocycles. The molecule has 8 atom stereocenters. The molecule has 0 aliphatic heterocycles. The summed E-state index contributed by atoms with van der Waals surface area (Å²) in [5.41, 5.74) is 1.63. The van der Waals surface area contributed by atoms with Crippen molar-refractivity contribution in [3.05, 3.63) is 77.9 Å². The summed E-state index contributed by atoms with van der Waals surface area (Å²) in [6, 6.07) is 10.3. The molecule has 1 aromatic rings. The lowest BCUT2D eigenvalue weighted by Crippen LogP contribution is -2.50. The van der Waals surface area contributed by atoms with Gasteiger partial charge in [-0.2, -0.15) is 0 Å². The largest absolute Gasteiger partial charge is 0.478 e. The highest BCUT2D eigenvalue weighted by molar-refractivity contribution is 5.88. The van der Waals surface area contributed by atoms with Crippen molar-refractivity contribution >= 4 is 12.0 Å². The van der Waals surface area contributed by atoms with Gasteiger partial charge >= 0.3 is 5.97 Å². The zero-order valence-electron chi connectivity index (χ0n) is 17.2. The first kappa shape index (κ1) is 19.6. The number of unbranched alkanes of at least 4 members (excludes halogenated alkanes) is 1. The number of hydrogen-bond donors (Lipinski definition) is 2. The van der Waals surface area contributed by atoms with Crippen molar-refractivity contribution in [2.24, 2.45) is 41.4 Å². The number of aliphatic hydroxyl groups excluding tert-OH is 1. The number of carboxylic acids is 1. The second-order valence-electron chi connectivity index (χ2n) is 9.42. The Hall–Kier alpha value is -2.39. The van der Waals surface area contributed by atoms with E-state index in [1.807, 2.05) is 18.2 Å². The fourth-order valence-corrected chi connectivity index (χ4v) is 6.87. The molecular formula is C27H30O3. The summed E-state index contributed by atoms with van der Waals surface area (Å²) < 4.78 is 0. The Balaban J connectivity index is 1.16. The van der Waals surface area contributed by atoms with E-state index in [1.165, 1.54) is 18.4 Å². The average Bonchev–Trinajstić information content (AvgIpc) is 3.11. The number of hydrogen-bond acceptors (Lipinski definition) is 2. The van der Waals surface area contributed by atoms with Crippen LogP contribution in [0.15, 0.2) is 72.4 Å². The van der Waals surface area contributed by atoms with Crippen LogP contribution in [0.5, 0.6) is 0 Å². The number of allylic oxidation sites excluding steroid dienone is 5. The van der Waals surface area contributed by atoms with E-state index in [4.69, 9.17) is 0 Å². The molecule has 2 N–H and O–H groups in total. The van der Waals surface area contributed by atoms with Gasteiger partial charge < -0.3 is 10.2 Å². The van der Waals surface area contributed by atoms with Crippen LogP contribution in [0.4, 0.5) is 0 Å². The van der Waals surface area contributed by atoms with Gasteiger partial charge in [0.2, 0.25) is 0 Å². The third kappa shape index (κ3) is 3.30. The second kappa shape index (κ2) is 8.03. The molecule has 0 saturated heterocycles. The molecule has 4 aliphatic carbocycles. The van der Waals surface area contributed by atoms with Crippen LogP contribution >= 0.6 is 0 Å². The van der Waals surface area contributed by atoms with Crippen molar-refractivity contribution in [3.8, 4) is 0 Å². The van der Waals surface area contributed by atoms with Gasteiger partial charge in [-0.05, 0) is 72.8 Å². The Bertz CT molecular complexity index is 909. The first-order valence-corrected chi connectivity index (χ1v) is 11.3. The summed E-state index contributed by atoms with van der Waals surface area (Å²) in [6.07, 6.45) is 18.7. The number of rotatable bonds is 7. The molecule has 0 heterocycles. The molecule has 3 nitrogen and oxygen atoms in total. The highest BCUT2D eigenvalue weighted by atomic mass is 16.4. The van der Waals surface area contributed by atoms with Gasteiger partial charge in [0, 0.05) is 11.5 Å². The zero-order chi connectivity index (χ0) is 20.7. The van der Waals surface area contributed by atoms with Crippen molar-refractivity contribution in [2.45, 2.75) is 31.8 Å². The van der Waals surface area contributed by atoms with Crippen LogP contribution in [-0.4, -0.2) is 22.3 Å². The van der Waals surface area contributed by atoms with Gasteiger partial charge in [-0.3, -0.25) is 0 Å². The molecule has 5 rings (SSSR count). The predicted molar refractivity (Wildman–Crippen MR) is 118 cm³/mol. The van der Waals surface area contributed by atoms with Crippen LogP contribution in [0.1, 0.15) is 31.2 Å². The monoisotopic (exact) mass is 402 g/mol. The van der Waals surface area contributed by atoms with Gasteiger partial charge in [0.25, 0.3) is 0 Å². The molecule has 0 bridgehead atoms. The SMILES string of the molecule is O=C(O)C1=C[C@@H](O)[C@@H]2C[C@H]3[C@H](CCCC=C/C=C/c4ccccc4)[C@H]4C=C[C@@H]1[C@@H]2[C@H]43. The lowest BCUT2D eigenvalue weighted by Gasteiger charge is -2.54. The molecule has 2 fully saturated rings. The molecule has 2 saturated carbocycles. The van der Waals surface area contributed by atoms with Crippen LogP contribution in [0.2, 0.25) is 0 Å². The highest BCUT2D eigenvalue weighted by Gasteiger charge is 2.63. The number of carboxylic acid groups (broad SMARTS) is 1. The Morgan fingerprint density at radius 3 is 2.70 bits per heavy atom. The van der Waals surface area contributed by atoms with E-state index >= 15 is 0 Å². The lowest BCUT2D eigenvalue weighted by molar-refractivity contribution is -0.134. The van der Waals surface area contributed by atoms with Gasteiger partial charge in [0.1, 0.15) is 0 Å². The summed E-state index contributed by atoms with van der Waals surface area (Å²) in [6.45, 7) is 0. The third-order valence-electron chi connectivity index (χ3n) is 8.06. The van der Waals surface area contributed by atoms with Crippen LogP contribution in [-0.2, 0) is 4.79 Å². The van der Waals surface area contributed by atoms with E-state index in [0.717, 1.165) is 12.8 Å². The van der Waals surface area contributed by atoms with Gasteiger partial charge in [-0.15, -0.1) is 0 Å². The molecule has 0 spiro atoms. The number of aliphatic carboxylic acids is 1. The summed E-state index contributed by atoms with van der Waals surface area (Å²) >= 11 is 0. The topological polar surface area (TPSA) is 57.5 Å². The molecular weight excluding hydrogens is 372 g/mol. The van der Waals surface area contributed by atoms with Gasteiger partial charge in [0.05, 0.1) is 6.10 Å². The Labute approximate surface area is 178 Å². The number of carbonyl (C=O) groups is 1. The fraction of sp³-hybridized carbons (Fsp3) is 0.444. The standard InChI is InChI=1S/C27H30O3/c28-24-16-22(27(29)30)20-14-13-19-18(21-15-23(24)26(20)25(19)21)12-8-3-1-2-5-9-17-10-6-4-7-11-17/h1-2,4-7,9-11,13-14,16,18-21,23-26,28H,3,8,12,15H2,(H,29,30)/b2-1?,9-5+/t18-,19-,20+,21+,23+,24-,25-,26+/m1/s1. The van der Waals surface area contributed by atoms with E-state index in [-0.39, 0.29) is 11.8 Å². The third-order valence-corrected chi connectivity index (χ3v) is 8.06. The van der Waals surface area contributed by atoms with E-state index in [9.17, 15) is 15.0 Å². The van der Waals surface area contributed by atoms with Crippen molar-refractivity contribution < 1.29 is 15.0 Å². The van der Waals surface area contributed by atoms with E-state index in [0.29, 0.717) is 35.2 Å². The molecule has 3 heteroatoms. The maximum absolute atomic E-state index is 11.7. The maximum atomic E-state index is 11.7. The normalized spacial score (nSPS) is 38.5. The smallest absolute Gasteiger partial charge is 0.331 e. The molecule has 0 aromatic heterocycles.